The Morgan fingerprint density at radius 1 is 1.00 bits per heavy atom. The van der Waals surface area contributed by atoms with Gasteiger partial charge in [0.1, 0.15) is 0 Å². The molecule has 2 heteroatoms. The normalized spacial score (nSPS) is 15.1. The number of hydrogen-bond acceptors (Lipinski definition) is 1. The van der Waals surface area contributed by atoms with Gasteiger partial charge in [0, 0.05) is 17.1 Å². The molecule has 0 saturated heterocycles. The van der Waals surface area contributed by atoms with Crippen LogP contribution < -0.4 is 5.32 Å². The van der Waals surface area contributed by atoms with Crippen molar-refractivity contribution in [2.45, 2.75) is 53.1 Å². The van der Waals surface area contributed by atoms with E-state index in [4.69, 9.17) is 11.6 Å². The van der Waals surface area contributed by atoms with Crippen molar-refractivity contribution in [3.8, 4) is 0 Å². The summed E-state index contributed by atoms with van der Waals surface area (Å²) in [4.78, 5) is 0. The molecule has 1 nitrogen and oxygen atoms in total. The van der Waals surface area contributed by atoms with E-state index in [-0.39, 0.29) is 0 Å². The fraction of sp³-hybridized carbons (Fsp3) is 0.625. The second-order valence-corrected chi connectivity index (χ2v) is 6.14. The zero-order valence-corrected chi connectivity index (χ0v) is 13.0. The van der Waals surface area contributed by atoms with E-state index in [0.717, 1.165) is 11.4 Å². The van der Waals surface area contributed by atoms with Gasteiger partial charge in [0.05, 0.1) is 0 Å². The lowest BCUT2D eigenvalue weighted by Gasteiger charge is -2.30. The van der Waals surface area contributed by atoms with E-state index < -0.39 is 0 Å². The molecule has 0 bridgehead atoms. The van der Waals surface area contributed by atoms with Crippen LogP contribution in [0.25, 0.3) is 0 Å². The molecular formula is C16H26ClN. The van der Waals surface area contributed by atoms with E-state index in [0.29, 0.717) is 23.9 Å². The number of hydrogen-bond donors (Lipinski definition) is 1. The smallest absolute Gasteiger partial charge is 0.0406 e. The van der Waals surface area contributed by atoms with Crippen molar-refractivity contribution in [2.75, 3.05) is 0 Å². The van der Waals surface area contributed by atoms with Crippen molar-refractivity contribution in [3.05, 3.63) is 34.9 Å². The predicted octanol–water partition coefficient (Wildman–Crippen LogP) is 5.06. The van der Waals surface area contributed by atoms with Gasteiger partial charge in [-0.05, 0) is 36.0 Å². The molecule has 2 atom stereocenters. The molecule has 0 saturated carbocycles. The third kappa shape index (κ3) is 4.29. The number of rotatable bonds is 6. The van der Waals surface area contributed by atoms with Gasteiger partial charge in [-0.1, -0.05) is 58.4 Å². The molecule has 0 radical (unpaired) electrons. The van der Waals surface area contributed by atoms with Gasteiger partial charge in [-0.25, -0.2) is 0 Å². The van der Waals surface area contributed by atoms with Gasteiger partial charge in [-0.2, -0.15) is 0 Å². The number of halogens is 1. The summed E-state index contributed by atoms with van der Waals surface area (Å²) in [5.74, 6) is 1.22. The maximum absolute atomic E-state index is 5.96. The van der Waals surface area contributed by atoms with E-state index in [2.05, 4.69) is 52.1 Å². The quantitative estimate of drug-likeness (QED) is 0.760. The van der Waals surface area contributed by atoms with Crippen LogP contribution in [-0.4, -0.2) is 6.04 Å². The second-order valence-electron chi connectivity index (χ2n) is 5.70. The molecule has 0 amide bonds. The summed E-state index contributed by atoms with van der Waals surface area (Å²) >= 11 is 5.96. The van der Waals surface area contributed by atoms with Crippen LogP contribution in [0.2, 0.25) is 5.02 Å². The summed E-state index contributed by atoms with van der Waals surface area (Å²) in [7, 11) is 0. The third-order valence-electron chi connectivity index (χ3n) is 3.53. The molecular weight excluding hydrogens is 242 g/mol. The first-order valence-corrected chi connectivity index (χ1v) is 7.35. The van der Waals surface area contributed by atoms with Crippen molar-refractivity contribution in [3.63, 3.8) is 0 Å². The van der Waals surface area contributed by atoms with Crippen LogP contribution >= 0.6 is 11.6 Å². The SMILES string of the molecule is CCC(NC(c1ccc(Cl)cc1)C(C)C)C(C)C. The standard InChI is InChI=1S/C16H26ClN/c1-6-15(11(2)3)18-16(12(4)5)13-7-9-14(17)10-8-13/h7-12,15-16,18H,6H2,1-5H3. The van der Waals surface area contributed by atoms with Gasteiger partial charge < -0.3 is 5.32 Å². The Bertz CT molecular complexity index is 343. The molecule has 1 rings (SSSR count). The van der Waals surface area contributed by atoms with Gasteiger partial charge in [-0.15, -0.1) is 0 Å². The second kappa shape index (κ2) is 7.16. The third-order valence-corrected chi connectivity index (χ3v) is 3.79. The zero-order valence-electron chi connectivity index (χ0n) is 12.2. The molecule has 0 spiro atoms. The van der Waals surface area contributed by atoms with E-state index in [1.807, 2.05) is 12.1 Å². The van der Waals surface area contributed by atoms with Crippen LogP contribution in [-0.2, 0) is 0 Å². The molecule has 0 fully saturated rings. The van der Waals surface area contributed by atoms with Gasteiger partial charge in [0.2, 0.25) is 0 Å². The van der Waals surface area contributed by atoms with Gasteiger partial charge in [-0.3, -0.25) is 0 Å². The molecule has 0 aliphatic rings. The molecule has 102 valence electrons. The monoisotopic (exact) mass is 267 g/mol. The maximum atomic E-state index is 5.96. The highest BCUT2D eigenvalue weighted by Gasteiger charge is 2.20. The van der Waals surface area contributed by atoms with Crippen molar-refractivity contribution in [2.24, 2.45) is 11.8 Å². The minimum Gasteiger partial charge on any atom is -0.307 e. The minimum absolute atomic E-state index is 0.398. The summed E-state index contributed by atoms with van der Waals surface area (Å²) in [6.07, 6.45) is 1.16. The largest absolute Gasteiger partial charge is 0.307 e. The van der Waals surface area contributed by atoms with Crippen molar-refractivity contribution < 1.29 is 0 Å². The predicted molar refractivity (Wildman–Crippen MR) is 81.1 cm³/mol. The van der Waals surface area contributed by atoms with E-state index in [9.17, 15) is 0 Å². The molecule has 0 aromatic heterocycles. The van der Waals surface area contributed by atoms with Gasteiger partial charge in [0.25, 0.3) is 0 Å². The van der Waals surface area contributed by atoms with Crippen LogP contribution in [0.3, 0.4) is 0 Å². The van der Waals surface area contributed by atoms with E-state index in [1.54, 1.807) is 0 Å². The minimum atomic E-state index is 0.398. The summed E-state index contributed by atoms with van der Waals surface area (Å²) in [5, 5.41) is 4.60. The molecule has 1 N–H and O–H groups in total. The van der Waals surface area contributed by atoms with E-state index >= 15 is 0 Å². The van der Waals surface area contributed by atoms with Crippen molar-refractivity contribution in [1.29, 1.82) is 0 Å². The zero-order chi connectivity index (χ0) is 13.7. The lowest BCUT2D eigenvalue weighted by atomic mass is 9.92. The molecule has 2 unspecified atom stereocenters. The lowest BCUT2D eigenvalue weighted by Crippen LogP contribution is -2.38. The van der Waals surface area contributed by atoms with Gasteiger partial charge >= 0.3 is 0 Å². The Balaban J connectivity index is 2.86. The molecule has 1 aromatic rings. The van der Waals surface area contributed by atoms with E-state index in [1.165, 1.54) is 5.56 Å². The highest BCUT2D eigenvalue weighted by Crippen LogP contribution is 2.25. The van der Waals surface area contributed by atoms with Crippen LogP contribution in [0.1, 0.15) is 52.6 Å². The highest BCUT2D eigenvalue weighted by atomic mass is 35.5. The van der Waals surface area contributed by atoms with Crippen LogP contribution in [0, 0.1) is 11.8 Å². The average Bonchev–Trinajstić information content (AvgIpc) is 2.31. The van der Waals surface area contributed by atoms with Crippen LogP contribution in [0.4, 0.5) is 0 Å². The summed E-state index contributed by atoms with van der Waals surface area (Å²) < 4.78 is 0. The summed E-state index contributed by atoms with van der Waals surface area (Å²) in [6.45, 7) is 11.3. The van der Waals surface area contributed by atoms with Crippen LogP contribution in [0.5, 0.6) is 0 Å². The number of nitrogens with one attached hydrogen (secondary N) is 1. The maximum Gasteiger partial charge on any atom is 0.0406 e. The van der Waals surface area contributed by atoms with Crippen molar-refractivity contribution >= 4 is 11.6 Å². The van der Waals surface area contributed by atoms with Gasteiger partial charge in [0.15, 0.2) is 0 Å². The average molecular weight is 268 g/mol. The van der Waals surface area contributed by atoms with Crippen molar-refractivity contribution in [1.82, 2.24) is 5.32 Å². The molecule has 0 aliphatic carbocycles. The Morgan fingerprint density at radius 2 is 1.56 bits per heavy atom. The Kier molecular flexibility index (Phi) is 6.17. The molecule has 0 aliphatic heterocycles. The highest BCUT2D eigenvalue weighted by molar-refractivity contribution is 6.30. The molecule has 18 heavy (non-hydrogen) atoms. The first-order valence-electron chi connectivity index (χ1n) is 6.97. The fourth-order valence-electron chi connectivity index (χ4n) is 2.36. The molecule has 0 heterocycles. The first-order chi connectivity index (χ1) is 8.45. The topological polar surface area (TPSA) is 12.0 Å². The first kappa shape index (κ1) is 15.5. The Labute approximate surface area is 117 Å². The lowest BCUT2D eigenvalue weighted by molar-refractivity contribution is 0.302. The van der Waals surface area contributed by atoms with Crippen LogP contribution in [0.15, 0.2) is 24.3 Å². The number of benzene rings is 1. The fourth-order valence-corrected chi connectivity index (χ4v) is 2.48. The summed E-state index contributed by atoms with van der Waals surface area (Å²) in [5.41, 5.74) is 1.33. The Hall–Kier alpha value is -0.530. The summed E-state index contributed by atoms with van der Waals surface area (Å²) in [6, 6.07) is 9.18. The molecule has 1 aromatic carbocycles. The Morgan fingerprint density at radius 3 is 1.94 bits per heavy atom.